The minimum atomic E-state index is -1.14. The van der Waals surface area contributed by atoms with Crippen molar-refractivity contribution in [2.45, 2.75) is 18.8 Å². The molecule has 3 rings (SSSR count). The van der Waals surface area contributed by atoms with Gasteiger partial charge in [-0.05, 0) is 30.3 Å². The van der Waals surface area contributed by atoms with Crippen molar-refractivity contribution < 1.29 is 28.8 Å². The van der Waals surface area contributed by atoms with Gasteiger partial charge in [0.25, 0.3) is 17.5 Å². The lowest BCUT2D eigenvalue weighted by atomic mass is 10.1. The van der Waals surface area contributed by atoms with Gasteiger partial charge in [-0.3, -0.25) is 24.5 Å². The summed E-state index contributed by atoms with van der Waals surface area (Å²) in [6.45, 7) is -0.174. The number of nitro groups is 1. The molecule has 1 fully saturated rings. The molecule has 1 atom stereocenters. The van der Waals surface area contributed by atoms with Crippen LogP contribution in [0, 0.1) is 10.1 Å². The van der Waals surface area contributed by atoms with Crippen molar-refractivity contribution in [1.82, 2.24) is 4.90 Å². The lowest BCUT2D eigenvalue weighted by Gasteiger charge is -2.30. The van der Waals surface area contributed by atoms with Gasteiger partial charge in [-0.25, -0.2) is 4.90 Å². The van der Waals surface area contributed by atoms with Gasteiger partial charge in [-0.2, -0.15) is 0 Å². The van der Waals surface area contributed by atoms with Gasteiger partial charge in [0.1, 0.15) is 6.04 Å². The van der Waals surface area contributed by atoms with Crippen molar-refractivity contribution in [3.63, 3.8) is 0 Å². The van der Waals surface area contributed by atoms with E-state index in [0.29, 0.717) is 10.7 Å². The smallest absolute Gasteiger partial charge is 0.270 e. The van der Waals surface area contributed by atoms with Crippen molar-refractivity contribution >= 4 is 40.7 Å². The molecule has 0 saturated carbocycles. The van der Waals surface area contributed by atoms with Gasteiger partial charge in [0, 0.05) is 36.9 Å². The molecule has 1 heterocycles. The number of methoxy groups -OCH3 is 2. The highest BCUT2D eigenvalue weighted by Crippen LogP contribution is 2.28. The van der Waals surface area contributed by atoms with Gasteiger partial charge in [0.05, 0.1) is 23.6 Å². The fraction of sp³-hybridized carbons (Fsp3) is 0.286. The number of ether oxygens (including phenoxy) is 2. The molecule has 0 N–H and O–H groups in total. The number of rotatable bonds is 8. The summed E-state index contributed by atoms with van der Waals surface area (Å²) in [6, 6.07) is 10.1. The topological polar surface area (TPSA) is 119 Å². The van der Waals surface area contributed by atoms with Gasteiger partial charge in [-0.15, -0.1) is 0 Å². The van der Waals surface area contributed by atoms with Gasteiger partial charge >= 0.3 is 0 Å². The van der Waals surface area contributed by atoms with E-state index in [2.05, 4.69) is 0 Å². The Hall–Kier alpha value is -3.34. The molecule has 10 nitrogen and oxygen atoms in total. The van der Waals surface area contributed by atoms with E-state index >= 15 is 0 Å². The summed E-state index contributed by atoms with van der Waals surface area (Å²) in [5.74, 6) is -1.77. The normalized spacial score (nSPS) is 16.0. The summed E-state index contributed by atoms with van der Waals surface area (Å²) in [5.41, 5.74) is 0.0440. The lowest BCUT2D eigenvalue weighted by Crippen LogP contribution is -2.49. The molecule has 0 bridgehead atoms. The molecule has 2 aromatic carbocycles. The monoisotopic (exact) mass is 461 g/mol. The molecule has 11 heteroatoms. The van der Waals surface area contributed by atoms with Crippen LogP contribution in [0.2, 0.25) is 5.02 Å². The molecule has 0 radical (unpaired) electrons. The van der Waals surface area contributed by atoms with E-state index in [0.717, 1.165) is 15.9 Å². The number of carbonyl (C=O) groups is 3. The number of amides is 3. The first-order valence-electron chi connectivity index (χ1n) is 9.50. The zero-order chi connectivity index (χ0) is 23.4. The Labute approximate surface area is 188 Å². The van der Waals surface area contributed by atoms with E-state index in [1.54, 1.807) is 12.1 Å². The van der Waals surface area contributed by atoms with Gasteiger partial charge in [0.15, 0.2) is 6.29 Å². The highest BCUT2D eigenvalue weighted by atomic mass is 35.5. The third kappa shape index (κ3) is 4.77. The summed E-state index contributed by atoms with van der Waals surface area (Å²) < 4.78 is 10.4. The molecule has 1 aliphatic rings. The molecular weight excluding hydrogens is 442 g/mol. The maximum absolute atomic E-state index is 13.3. The fourth-order valence-electron chi connectivity index (χ4n) is 3.40. The molecule has 0 spiro atoms. The van der Waals surface area contributed by atoms with E-state index < -0.39 is 35.0 Å². The average Bonchev–Trinajstić information content (AvgIpc) is 3.08. The zero-order valence-electron chi connectivity index (χ0n) is 17.3. The first-order chi connectivity index (χ1) is 15.3. The number of halogens is 1. The molecule has 32 heavy (non-hydrogen) atoms. The zero-order valence-corrected chi connectivity index (χ0v) is 18.0. The Morgan fingerprint density at radius 1 is 1.22 bits per heavy atom. The van der Waals surface area contributed by atoms with Crippen LogP contribution in [0.4, 0.5) is 11.4 Å². The lowest BCUT2D eigenvalue weighted by molar-refractivity contribution is -0.384. The van der Waals surface area contributed by atoms with Crippen LogP contribution < -0.4 is 4.90 Å². The predicted molar refractivity (Wildman–Crippen MR) is 114 cm³/mol. The van der Waals surface area contributed by atoms with Crippen molar-refractivity contribution in [2.75, 3.05) is 25.7 Å². The number of non-ortho nitro benzene ring substituents is 1. The first-order valence-corrected chi connectivity index (χ1v) is 9.88. The standard InChI is InChI=1S/C21H20ClN3O7/c1-31-19(32-2)12-23(20(27)13-4-3-5-16(10-13)25(29)30)17-11-18(26)24(21(17)28)15-8-6-14(22)7-9-15/h3-10,17,19H,11-12H2,1-2H3. The number of nitro benzene ring substituents is 1. The first kappa shape index (κ1) is 23.3. The average molecular weight is 462 g/mol. The van der Waals surface area contributed by atoms with E-state index in [4.69, 9.17) is 21.1 Å². The van der Waals surface area contributed by atoms with Crippen LogP contribution in [-0.2, 0) is 19.1 Å². The molecular formula is C21H20ClN3O7. The second kappa shape index (κ2) is 9.86. The van der Waals surface area contributed by atoms with Crippen LogP contribution >= 0.6 is 11.6 Å². The summed E-state index contributed by atoms with van der Waals surface area (Å²) in [5, 5.41) is 11.6. The Bertz CT molecular complexity index is 1040. The van der Waals surface area contributed by atoms with Crippen LogP contribution in [-0.4, -0.2) is 60.6 Å². The number of carbonyl (C=O) groups excluding carboxylic acids is 3. The molecule has 1 aliphatic heterocycles. The number of benzene rings is 2. The SMILES string of the molecule is COC(CN(C(=O)c1cccc([N+](=O)[O-])c1)C1CC(=O)N(c2ccc(Cl)cc2)C1=O)OC. The summed E-state index contributed by atoms with van der Waals surface area (Å²) in [6.07, 6.45) is -1.15. The fourth-order valence-corrected chi connectivity index (χ4v) is 3.52. The quantitative estimate of drug-likeness (QED) is 0.256. The second-order valence-corrected chi connectivity index (χ2v) is 7.37. The summed E-state index contributed by atoms with van der Waals surface area (Å²) in [7, 11) is 2.73. The van der Waals surface area contributed by atoms with Crippen molar-refractivity contribution in [2.24, 2.45) is 0 Å². The number of imide groups is 1. The number of hydrogen-bond acceptors (Lipinski definition) is 7. The highest BCUT2D eigenvalue weighted by molar-refractivity contribution is 6.31. The van der Waals surface area contributed by atoms with Crippen molar-refractivity contribution in [3.8, 4) is 0 Å². The van der Waals surface area contributed by atoms with E-state index in [9.17, 15) is 24.5 Å². The van der Waals surface area contributed by atoms with E-state index in [1.807, 2.05) is 0 Å². The van der Waals surface area contributed by atoms with Crippen LogP contribution in [0.15, 0.2) is 48.5 Å². The maximum Gasteiger partial charge on any atom is 0.270 e. The minimum Gasteiger partial charge on any atom is -0.354 e. The highest BCUT2D eigenvalue weighted by Gasteiger charge is 2.45. The summed E-state index contributed by atoms with van der Waals surface area (Å²) >= 11 is 5.89. The Kier molecular flexibility index (Phi) is 7.18. The van der Waals surface area contributed by atoms with Crippen LogP contribution in [0.3, 0.4) is 0 Å². The van der Waals surface area contributed by atoms with Gasteiger partial charge < -0.3 is 14.4 Å². The molecule has 0 aliphatic carbocycles. The third-order valence-electron chi connectivity index (χ3n) is 5.02. The minimum absolute atomic E-state index is 0.00431. The van der Waals surface area contributed by atoms with Crippen molar-refractivity contribution in [1.29, 1.82) is 0 Å². The molecule has 168 valence electrons. The molecule has 1 saturated heterocycles. The number of anilines is 1. The maximum atomic E-state index is 13.3. The third-order valence-corrected chi connectivity index (χ3v) is 5.27. The second-order valence-electron chi connectivity index (χ2n) is 6.93. The number of hydrogen-bond donors (Lipinski definition) is 0. The predicted octanol–water partition coefficient (Wildman–Crippen LogP) is 2.64. The van der Waals surface area contributed by atoms with Gasteiger partial charge in [0.2, 0.25) is 5.91 Å². The van der Waals surface area contributed by atoms with Crippen molar-refractivity contribution in [3.05, 3.63) is 69.2 Å². The molecule has 1 unspecified atom stereocenters. The number of nitrogens with zero attached hydrogens (tertiary/aromatic N) is 3. The van der Waals surface area contributed by atoms with E-state index in [-0.39, 0.29) is 24.2 Å². The molecule has 0 aromatic heterocycles. The Balaban J connectivity index is 1.96. The Morgan fingerprint density at radius 2 is 1.88 bits per heavy atom. The largest absolute Gasteiger partial charge is 0.354 e. The summed E-state index contributed by atoms with van der Waals surface area (Å²) in [4.78, 5) is 51.8. The molecule has 2 aromatic rings. The van der Waals surface area contributed by atoms with Crippen LogP contribution in [0.5, 0.6) is 0 Å². The van der Waals surface area contributed by atoms with Crippen LogP contribution in [0.25, 0.3) is 0 Å². The van der Waals surface area contributed by atoms with Gasteiger partial charge in [-0.1, -0.05) is 17.7 Å². The van der Waals surface area contributed by atoms with E-state index in [1.165, 1.54) is 44.6 Å². The van der Waals surface area contributed by atoms with Crippen LogP contribution in [0.1, 0.15) is 16.8 Å². The molecule has 3 amide bonds. The Morgan fingerprint density at radius 3 is 2.47 bits per heavy atom.